The smallest absolute Gasteiger partial charge is 0.312 e. The Morgan fingerprint density at radius 2 is 1.95 bits per heavy atom. The first-order valence-electron chi connectivity index (χ1n) is 5.96. The summed E-state index contributed by atoms with van der Waals surface area (Å²) in [5.74, 6) is -0.596. The van der Waals surface area contributed by atoms with Crippen LogP contribution in [0.4, 0.5) is 10.1 Å². The second kappa shape index (κ2) is 6.08. The Kier molecular flexibility index (Phi) is 4.38. The number of hydrogen-bond acceptors (Lipinski definition) is 5. The molecule has 0 atom stereocenters. The maximum absolute atomic E-state index is 13.0. The van der Waals surface area contributed by atoms with Crippen LogP contribution >= 0.6 is 0 Å². The Hall–Kier alpha value is -2.52. The predicted octanol–water partition coefficient (Wildman–Crippen LogP) is 1.96. The number of sulfonamides is 1. The summed E-state index contributed by atoms with van der Waals surface area (Å²) < 4.78 is 40.7. The minimum absolute atomic E-state index is 0.104. The molecule has 9 heteroatoms. The van der Waals surface area contributed by atoms with Gasteiger partial charge in [0.2, 0.25) is 10.0 Å². The molecular formula is C13H11FN2O5S. The third kappa shape index (κ3) is 3.77. The molecule has 2 N–H and O–H groups in total. The zero-order chi connectivity index (χ0) is 16.3. The second-order valence-electron chi connectivity index (χ2n) is 4.35. The summed E-state index contributed by atoms with van der Waals surface area (Å²) in [5.41, 5.74) is -0.0623. The van der Waals surface area contributed by atoms with Crippen LogP contribution in [-0.4, -0.2) is 13.3 Å². The van der Waals surface area contributed by atoms with E-state index in [0.717, 1.165) is 18.2 Å². The van der Waals surface area contributed by atoms with Crippen molar-refractivity contribution in [3.05, 3.63) is 64.0 Å². The van der Waals surface area contributed by atoms with E-state index in [1.807, 2.05) is 0 Å². The number of ether oxygens (including phenoxy) is 1. The largest absolute Gasteiger partial charge is 0.482 e. The molecule has 0 spiro atoms. The van der Waals surface area contributed by atoms with Crippen LogP contribution in [0.25, 0.3) is 0 Å². The van der Waals surface area contributed by atoms with Crippen molar-refractivity contribution in [3.8, 4) is 5.75 Å². The monoisotopic (exact) mass is 326 g/mol. The molecule has 0 heterocycles. The quantitative estimate of drug-likeness (QED) is 0.666. The molecule has 0 amide bonds. The van der Waals surface area contributed by atoms with Crippen LogP contribution in [0.1, 0.15) is 5.56 Å². The van der Waals surface area contributed by atoms with Gasteiger partial charge in [-0.3, -0.25) is 10.1 Å². The fourth-order valence-corrected chi connectivity index (χ4v) is 2.26. The van der Waals surface area contributed by atoms with Gasteiger partial charge in [0.15, 0.2) is 5.75 Å². The fraction of sp³-hybridized carbons (Fsp3) is 0.0769. The van der Waals surface area contributed by atoms with Crippen molar-refractivity contribution in [1.29, 1.82) is 0 Å². The van der Waals surface area contributed by atoms with Gasteiger partial charge in [-0.25, -0.2) is 17.9 Å². The van der Waals surface area contributed by atoms with Gasteiger partial charge in [0.05, 0.1) is 9.82 Å². The highest BCUT2D eigenvalue weighted by molar-refractivity contribution is 7.89. The van der Waals surface area contributed by atoms with Crippen LogP contribution in [0.5, 0.6) is 5.75 Å². The topological polar surface area (TPSA) is 113 Å². The molecule has 0 saturated carbocycles. The van der Waals surface area contributed by atoms with E-state index in [1.165, 1.54) is 18.2 Å². The Balaban J connectivity index is 2.29. The number of nitro benzene ring substituents is 1. The number of primary sulfonamides is 1. The van der Waals surface area contributed by atoms with Crippen molar-refractivity contribution >= 4 is 15.7 Å². The van der Waals surface area contributed by atoms with Crippen LogP contribution in [-0.2, 0) is 16.6 Å². The summed E-state index contributed by atoms with van der Waals surface area (Å²) in [5, 5.41) is 15.9. The maximum Gasteiger partial charge on any atom is 0.312 e. The molecule has 2 rings (SSSR count). The number of nitro groups is 1. The summed E-state index contributed by atoms with van der Waals surface area (Å²) in [7, 11) is -4.06. The number of rotatable bonds is 5. The molecule has 0 aliphatic heterocycles. The molecule has 0 aliphatic carbocycles. The lowest BCUT2D eigenvalue weighted by Crippen LogP contribution is -2.12. The highest BCUT2D eigenvalue weighted by atomic mass is 32.2. The van der Waals surface area contributed by atoms with E-state index in [9.17, 15) is 22.9 Å². The van der Waals surface area contributed by atoms with E-state index < -0.39 is 31.3 Å². The summed E-state index contributed by atoms with van der Waals surface area (Å²) in [6.45, 7) is -0.104. The van der Waals surface area contributed by atoms with E-state index in [4.69, 9.17) is 9.88 Å². The highest BCUT2D eigenvalue weighted by Gasteiger charge is 2.20. The maximum atomic E-state index is 13.0. The molecule has 0 bridgehead atoms. The highest BCUT2D eigenvalue weighted by Crippen LogP contribution is 2.30. The molecular weight excluding hydrogens is 315 g/mol. The first-order chi connectivity index (χ1) is 10.3. The lowest BCUT2D eigenvalue weighted by atomic mass is 10.2. The number of nitrogens with two attached hydrogens (primary N) is 1. The van der Waals surface area contributed by atoms with Crippen molar-refractivity contribution in [2.75, 3.05) is 0 Å². The minimum atomic E-state index is -4.06. The van der Waals surface area contributed by atoms with E-state index in [2.05, 4.69) is 0 Å². The first kappa shape index (κ1) is 15.9. The van der Waals surface area contributed by atoms with Gasteiger partial charge >= 0.3 is 5.69 Å². The number of benzene rings is 2. The molecule has 0 saturated heterocycles. The molecule has 22 heavy (non-hydrogen) atoms. The van der Waals surface area contributed by atoms with Gasteiger partial charge in [-0.1, -0.05) is 12.1 Å². The summed E-state index contributed by atoms with van der Waals surface area (Å²) in [6.07, 6.45) is 0. The Labute approximate surface area is 125 Å². The average molecular weight is 326 g/mol. The van der Waals surface area contributed by atoms with Crippen LogP contribution in [0, 0.1) is 15.9 Å². The zero-order valence-corrected chi connectivity index (χ0v) is 11.9. The van der Waals surface area contributed by atoms with Crippen LogP contribution in [0.2, 0.25) is 0 Å². The Bertz CT molecular complexity index is 823. The van der Waals surface area contributed by atoms with Crippen LogP contribution in [0.15, 0.2) is 47.4 Å². The lowest BCUT2D eigenvalue weighted by molar-refractivity contribution is -0.386. The molecule has 2 aromatic rings. The third-order valence-electron chi connectivity index (χ3n) is 2.74. The van der Waals surface area contributed by atoms with Gasteiger partial charge in [0.25, 0.3) is 0 Å². The van der Waals surface area contributed by atoms with Crippen molar-refractivity contribution in [2.24, 2.45) is 5.14 Å². The Morgan fingerprint density at radius 1 is 1.23 bits per heavy atom. The Morgan fingerprint density at radius 3 is 2.55 bits per heavy atom. The van der Waals surface area contributed by atoms with Gasteiger partial charge in [-0.15, -0.1) is 0 Å². The molecule has 0 fully saturated rings. The zero-order valence-electron chi connectivity index (χ0n) is 11.1. The average Bonchev–Trinajstić information content (AvgIpc) is 2.44. The minimum Gasteiger partial charge on any atom is -0.482 e. The number of halogens is 1. The van der Waals surface area contributed by atoms with Crippen molar-refractivity contribution in [2.45, 2.75) is 11.5 Å². The van der Waals surface area contributed by atoms with Gasteiger partial charge in [0, 0.05) is 6.07 Å². The van der Waals surface area contributed by atoms with E-state index in [1.54, 1.807) is 6.07 Å². The van der Waals surface area contributed by atoms with E-state index in [-0.39, 0.29) is 12.4 Å². The van der Waals surface area contributed by atoms with Gasteiger partial charge in [-0.05, 0) is 29.8 Å². The molecule has 0 unspecified atom stereocenters. The van der Waals surface area contributed by atoms with Gasteiger partial charge < -0.3 is 4.74 Å². The summed E-state index contributed by atoms with van der Waals surface area (Å²) in [4.78, 5) is 9.82. The molecule has 0 aliphatic rings. The second-order valence-corrected chi connectivity index (χ2v) is 5.91. The summed E-state index contributed by atoms with van der Waals surface area (Å²) in [6, 6.07) is 8.61. The number of hydrogen-bond donors (Lipinski definition) is 1. The third-order valence-corrected chi connectivity index (χ3v) is 3.65. The first-order valence-corrected chi connectivity index (χ1v) is 7.50. The standard InChI is InChI=1S/C13H11FN2O5S/c14-10-3-1-2-9(6-10)8-21-13-5-4-11(22(15,19)20)7-12(13)16(17)18/h1-7H,8H2,(H2,15,19,20). The van der Waals surface area contributed by atoms with Crippen molar-refractivity contribution in [1.82, 2.24) is 0 Å². The van der Waals surface area contributed by atoms with Gasteiger partial charge in [0.1, 0.15) is 12.4 Å². The van der Waals surface area contributed by atoms with E-state index >= 15 is 0 Å². The van der Waals surface area contributed by atoms with Crippen molar-refractivity contribution < 1.29 is 22.5 Å². The molecule has 0 aromatic heterocycles. The number of nitrogens with zero attached hydrogens (tertiary/aromatic N) is 1. The van der Waals surface area contributed by atoms with E-state index in [0.29, 0.717) is 5.56 Å². The lowest BCUT2D eigenvalue weighted by Gasteiger charge is -2.08. The SMILES string of the molecule is NS(=O)(=O)c1ccc(OCc2cccc(F)c2)c([N+](=O)[O-])c1. The molecule has 0 radical (unpaired) electrons. The van der Waals surface area contributed by atoms with Gasteiger partial charge in [-0.2, -0.15) is 0 Å². The van der Waals surface area contributed by atoms with Crippen LogP contribution < -0.4 is 9.88 Å². The normalized spacial score (nSPS) is 11.2. The molecule has 7 nitrogen and oxygen atoms in total. The summed E-state index contributed by atoms with van der Waals surface area (Å²) >= 11 is 0. The predicted molar refractivity (Wildman–Crippen MR) is 75.2 cm³/mol. The van der Waals surface area contributed by atoms with Crippen molar-refractivity contribution in [3.63, 3.8) is 0 Å². The fourth-order valence-electron chi connectivity index (χ4n) is 1.73. The molecule has 116 valence electrons. The van der Waals surface area contributed by atoms with Crippen LogP contribution in [0.3, 0.4) is 0 Å². The molecule has 2 aromatic carbocycles.